The fourth-order valence-electron chi connectivity index (χ4n) is 3.04. The molecule has 2 fully saturated rings. The number of hydrogen-bond acceptors (Lipinski definition) is 9. The highest BCUT2D eigenvalue weighted by molar-refractivity contribution is 8.00. The molecular formula is C16H20N4O6S2. The first-order valence-electron chi connectivity index (χ1n) is 8.46. The number of carbonyl (C=O) groups is 4. The van der Waals surface area contributed by atoms with Crippen LogP contribution in [0.15, 0.2) is 5.38 Å². The third-order valence-corrected chi connectivity index (χ3v) is 7.07. The summed E-state index contributed by atoms with van der Waals surface area (Å²) in [5, 5.41) is 17.3. The molecule has 2 saturated heterocycles. The molecule has 0 aliphatic carbocycles. The minimum atomic E-state index is -1.35. The van der Waals surface area contributed by atoms with E-state index in [4.69, 9.17) is 4.74 Å². The van der Waals surface area contributed by atoms with E-state index in [1.165, 1.54) is 34.9 Å². The van der Waals surface area contributed by atoms with E-state index < -0.39 is 23.4 Å². The smallest absolute Gasteiger partial charge is 0.315 e. The molecule has 0 radical (unpaired) electrons. The van der Waals surface area contributed by atoms with E-state index in [2.05, 4.69) is 15.6 Å². The number of amides is 2. The lowest BCUT2D eigenvalue weighted by Gasteiger charge is -2.53. The van der Waals surface area contributed by atoms with Gasteiger partial charge in [0.25, 0.3) is 0 Å². The number of β-lactam (4-membered cyclic amide) rings is 1. The molecule has 12 heteroatoms. The molecule has 2 aliphatic heterocycles. The second kappa shape index (κ2) is 7.95. The Hall–Kier alpha value is -2.34. The number of fused-ring (bicyclic) bond motifs is 1. The normalized spacial score (nSPS) is 26.1. The summed E-state index contributed by atoms with van der Waals surface area (Å²) < 4.78 is 4.91. The van der Waals surface area contributed by atoms with E-state index in [9.17, 15) is 24.3 Å². The van der Waals surface area contributed by atoms with Crippen molar-refractivity contribution < 1.29 is 29.0 Å². The molecule has 2 aliphatic rings. The van der Waals surface area contributed by atoms with Crippen molar-refractivity contribution in [1.82, 2.24) is 15.2 Å². The number of aliphatic carboxylic acids is 1. The van der Waals surface area contributed by atoms with Gasteiger partial charge in [-0.05, 0) is 0 Å². The molecule has 3 rings (SSSR count). The van der Waals surface area contributed by atoms with Crippen molar-refractivity contribution in [3.8, 4) is 0 Å². The first-order valence-corrected chi connectivity index (χ1v) is 10.4. The molecule has 0 bridgehead atoms. The monoisotopic (exact) mass is 428 g/mol. The molecule has 3 atom stereocenters. The van der Waals surface area contributed by atoms with Crippen LogP contribution in [0.1, 0.15) is 12.6 Å². The first kappa shape index (κ1) is 20.4. The Balaban J connectivity index is 1.59. The maximum atomic E-state index is 12.5. The molecule has 2 amide bonds. The van der Waals surface area contributed by atoms with Crippen LogP contribution in [-0.2, 0) is 30.3 Å². The highest BCUT2D eigenvalue weighted by Crippen LogP contribution is 2.42. The van der Waals surface area contributed by atoms with Crippen molar-refractivity contribution in [3.05, 3.63) is 11.1 Å². The minimum absolute atomic E-state index is 0.0594. The second-order valence-corrected chi connectivity index (χ2v) is 8.61. The third kappa shape index (κ3) is 3.92. The fourth-order valence-corrected chi connectivity index (χ4v) is 5.23. The number of esters is 1. The zero-order chi connectivity index (χ0) is 20.5. The van der Waals surface area contributed by atoms with Crippen molar-refractivity contribution in [2.24, 2.45) is 5.41 Å². The van der Waals surface area contributed by atoms with Crippen LogP contribution in [0.3, 0.4) is 0 Å². The predicted octanol–water partition coefficient (Wildman–Crippen LogP) is -0.239. The van der Waals surface area contributed by atoms with Gasteiger partial charge in [0.2, 0.25) is 11.8 Å². The van der Waals surface area contributed by atoms with E-state index in [0.29, 0.717) is 10.8 Å². The minimum Gasteiger partial charge on any atom is -0.481 e. The first-order chi connectivity index (χ1) is 13.3. The van der Waals surface area contributed by atoms with Gasteiger partial charge in [0.1, 0.15) is 23.4 Å². The topological polar surface area (TPSA) is 138 Å². The summed E-state index contributed by atoms with van der Waals surface area (Å²) in [6.07, 6.45) is 0.0604. The van der Waals surface area contributed by atoms with Crippen molar-refractivity contribution in [2.45, 2.75) is 24.8 Å². The fraction of sp³-hybridized carbons (Fsp3) is 0.562. The Kier molecular flexibility index (Phi) is 5.79. The number of ether oxygens (including phenoxy) is 1. The number of thiazole rings is 1. The summed E-state index contributed by atoms with van der Waals surface area (Å²) in [5.74, 6) is -2.18. The van der Waals surface area contributed by atoms with Gasteiger partial charge in [-0.1, -0.05) is 0 Å². The zero-order valence-corrected chi connectivity index (χ0v) is 16.9. The van der Waals surface area contributed by atoms with Crippen LogP contribution >= 0.6 is 23.1 Å². The standard InChI is InChI=1S/C16H20N4O6S2/c1-8(21)26-6-16(14(24)25)5-20-12(23)11(13(20)28-7-16)19-10(22)3-9-4-27-15(17-2)18-9/h4,11,13H,3,5-7H2,1-2H3,(H,17,18)(H,19,22)(H,24,25)/t11?,13-,16?/m1/s1. The quantitative estimate of drug-likeness (QED) is 0.397. The van der Waals surface area contributed by atoms with Crippen LogP contribution < -0.4 is 10.6 Å². The number of rotatable bonds is 7. The molecule has 3 heterocycles. The highest BCUT2D eigenvalue weighted by Gasteiger charge is 2.57. The highest BCUT2D eigenvalue weighted by atomic mass is 32.2. The van der Waals surface area contributed by atoms with E-state index in [1.54, 1.807) is 12.4 Å². The summed E-state index contributed by atoms with van der Waals surface area (Å²) in [6.45, 7) is 0.850. The van der Waals surface area contributed by atoms with Gasteiger partial charge < -0.3 is 25.4 Å². The third-order valence-electron chi connectivity index (χ3n) is 4.57. The maximum Gasteiger partial charge on any atom is 0.315 e. The van der Waals surface area contributed by atoms with Gasteiger partial charge in [0.15, 0.2) is 5.13 Å². The Bertz CT molecular complexity index is 815. The Morgan fingerprint density at radius 1 is 1.46 bits per heavy atom. The summed E-state index contributed by atoms with van der Waals surface area (Å²) >= 11 is 2.65. The van der Waals surface area contributed by atoms with Gasteiger partial charge in [-0.15, -0.1) is 23.1 Å². The molecule has 10 nitrogen and oxygen atoms in total. The van der Waals surface area contributed by atoms with Gasteiger partial charge in [-0.3, -0.25) is 19.2 Å². The average molecular weight is 428 g/mol. The molecule has 0 saturated carbocycles. The van der Waals surface area contributed by atoms with E-state index >= 15 is 0 Å². The van der Waals surface area contributed by atoms with E-state index in [-0.39, 0.29) is 42.5 Å². The van der Waals surface area contributed by atoms with E-state index in [1.807, 2.05) is 0 Å². The Labute approximate surface area is 169 Å². The molecule has 152 valence electrons. The van der Waals surface area contributed by atoms with E-state index in [0.717, 1.165) is 0 Å². The Morgan fingerprint density at radius 3 is 2.82 bits per heavy atom. The Morgan fingerprint density at radius 2 is 2.21 bits per heavy atom. The maximum absolute atomic E-state index is 12.5. The number of nitrogens with zero attached hydrogens (tertiary/aromatic N) is 2. The number of hydrogen-bond donors (Lipinski definition) is 3. The molecule has 3 N–H and O–H groups in total. The van der Waals surface area contributed by atoms with Gasteiger partial charge in [-0.25, -0.2) is 4.98 Å². The van der Waals surface area contributed by atoms with Crippen LogP contribution in [-0.4, -0.2) is 76.1 Å². The van der Waals surface area contributed by atoms with Gasteiger partial charge >= 0.3 is 11.9 Å². The summed E-state index contributed by atoms with van der Waals surface area (Å²) in [5.41, 5.74) is -0.736. The van der Waals surface area contributed by atoms with Gasteiger partial charge in [0, 0.05) is 31.6 Å². The average Bonchev–Trinajstić information content (AvgIpc) is 3.11. The number of carbonyl (C=O) groups excluding carboxylic acids is 3. The zero-order valence-electron chi connectivity index (χ0n) is 15.3. The SMILES string of the molecule is CNc1nc(CC(=O)NC2C(=O)N3CC(COC(C)=O)(C(=O)O)CS[C@H]23)cs1. The largest absolute Gasteiger partial charge is 0.481 e. The van der Waals surface area contributed by atoms with Gasteiger partial charge in [0.05, 0.1) is 12.1 Å². The number of thioether (sulfide) groups is 1. The lowest BCUT2D eigenvalue weighted by molar-refractivity contribution is -0.164. The molecule has 2 unspecified atom stereocenters. The van der Waals surface area contributed by atoms with Gasteiger partial charge in [-0.2, -0.15) is 0 Å². The number of carboxylic acids is 1. The van der Waals surface area contributed by atoms with Crippen molar-refractivity contribution in [2.75, 3.05) is 31.3 Å². The lowest BCUT2D eigenvalue weighted by Crippen LogP contribution is -2.74. The molecule has 1 aromatic heterocycles. The molecule has 0 aromatic carbocycles. The molecule has 0 spiro atoms. The van der Waals surface area contributed by atoms with Crippen molar-refractivity contribution in [1.29, 1.82) is 0 Å². The summed E-state index contributed by atoms with van der Waals surface area (Å²) in [4.78, 5) is 53.2. The number of nitrogens with one attached hydrogen (secondary N) is 2. The predicted molar refractivity (Wildman–Crippen MR) is 102 cm³/mol. The van der Waals surface area contributed by atoms with Crippen LogP contribution in [0.5, 0.6) is 0 Å². The van der Waals surface area contributed by atoms with Crippen LogP contribution in [0.25, 0.3) is 0 Å². The van der Waals surface area contributed by atoms with Crippen LogP contribution in [0.2, 0.25) is 0 Å². The summed E-state index contributed by atoms with van der Waals surface area (Å²) in [6, 6.07) is -0.694. The molecular weight excluding hydrogens is 408 g/mol. The molecule has 1 aromatic rings. The van der Waals surface area contributed by atoms with Crippen LogP contribution in [0, 0.1) is 5.41 Å². The number of carboxylic acid groups (broad SMARTS) is 1. The number of aromatic nitrogens is 1. The second-order valence-electron chi connectivity index (χ2n) is 6.65. The summed E-state index contributed by atoms with van der Waals surface area (Å²) in [7, 11) is 1.74. The number of anilines is 1. The lowest BCUT2D eigenvalue weighted by atomic mass is 9.88. The van der Waals surface area contributed by atoms with Crippen LogP contribution in [0.4, 0.5) is 5.13 Å². The molecule has 28 heavy (non-hydrogen) atoms. The van der Waals surface area contributed by atoms with Crippen molar-refractivity contribution in [3.63, 3.8) is 0 Å². The van der Waals surface area contributed by atoms with Crippen molar-refractivity contribution >= 4 is 52.0 Å².